The van der Waals surface area contributed by atoms with Gasteiger partial charge >= 0.3 is 0 Å². The second-order valence-corrected chi connectivity index (χ2v) is 4.54. The van der Waals surface area contributed by atoms with Crippen LogP contribution in [0.1, 0.15) is 51.4 Å². The highest BCUT2D eigenvalue weighted by atomic mass is 16.1. The third-order valence-corrected chi connectivity index (χ3v) is 3.73. The van der Waals surface area contributed by atoms with Gasteiger partial charge in [-0.15, -0.1) is 0 Å². The van der Waals surface area contributed by atoms with Crippen molar-refractivity contribution in [1.29, 1.82) is 0 Å². The third kappa shape index (κ3) is 1.41. The molecule has 0 aliphatic heterocycles. The maximum Gasteiger partial charge on any atom is 0.126 e. The molecule has 2 aliphatic carbocycles. The quantitative estimate of drug-likeness (QED) is 0.455. The summed E-state index contributed by atoms with van der Waals surface area (Å²) in [4.78, 5) is 10.9. The normalized spacial score (nSPS) is 29.3. The summed E-state index contributed by atoms with van der Waals surface area (Å²) in [6, 6.07) is 0. The molecule has 1 nitrogen and oxygen atoms in total. The molecule has 0 spiro atoms. The minimum Gasteiger partial charge on any atom is -0.303 e. The summed E-state index contributed by atoms with van der Waals surface area (Å²) in [6.45, 7) is 0. The summed E-state index contributed by atoms with van der Waals surface area (Å²) in [5.41, 5.74) is 0.171. The molecule has 0 aromatic heterocycles. The van der Waals surface area contributed by atoms with E-state index in [1.165, 1.54) is 57.7 Å². The van der Waals surface area contributed by atoms with Gasteiger partial charge in [-0.3, -0.25) is 0 Å². The van der Waals surface area contributed by atoms with Crippen molar-refractivity contribution >= 4 is 6.29 Å². The van der Waals surface area contributed by atoms with Crippen LogP contribution in [0.2, 0.25) is 0 Å². The lowest BCUT2D eigenvalue weighted by atomic mass is 9.84. The molecular formula is C11H18O. The highest BCUT2D eigenvalue weighted by Gasteiger charge is 2.48. The van der Waals surface area contributed by atoms with E-state index in [-0.39, 0.29) is 5.41 Å². The monoisotopic (exact) mass is 166 g/mol. The van der Waals surface area contributed by atoms with Gasteiger partial charge in [-0.25, -0.2) is 0 Å². The van der Waals surface area contributed by atoms with Crippen molar-refractivity contribution in [3.63, 3.8) is 0 Å². The molecule has 2 rings (SSSR count). The molecule has 0 radical (unpaired) electrons. The Labute approximate surface area is 74.5 Å². The second-order valence-electron chi connectivity index (χ2n) is 4.54. The van der Waals surface area contributed by atoms with E-state index in [9.17, 15) is 4.79 Å². The van der Waals surface area contributed by atoms with Crippen LogP contribution >= 0.6 is 0 Å². The Morgan fingerprint density at radius 1 is 1.00 bits per heavy atom. The minimum atomic E-state index is 0.171. The van der Waals surface area contributed by atoms with E-state index in [2.05, 4.69) is 0 Å². The van der Waals surface area contributed by atoms with Gasteiger partial charge in [0.15, 0.2) is 0 Å². The largest absolute Gasteiger partial charge is 0.303 e. The molecule has 12 heavy (non-hydrogen) atoms. The molecule has 1 heteroatoms. The number of aldehydes is 1. The van der Waals surface area contributed by atoms with Crippen molar-refractivity contribution in [2.45, 2.75) is 51.4 Å². The molecule has 0 atom stereocenters. The van der Waals surface area contributed by atoms with Crippen LogP contribution in [-0.4, -0.2) is 6.29 Å². The van der Waals surface area contributed by atoms with E-state index in [0.29, 0.717) is 0 Å². The van der Waals surface area contributed by atoms with Crippen LogP contribution in [-0.2, 0) is 4.79 Å². The van der Waals surface area contributed by atoms with Gasteiger partial charge in [0.2, 0.25) is 0 Å². The second kappa shape index (κ2) is 3.20. The molecule has 0 N–H and O–H groups in total. The fourth-order valence-corrected chi connectivity index (χ4v) is 2.62. The Morgan fingerprint density at radius 3 is 2.00 bits per heavy atom. The average Bonchev–Trinajstić information content (AvgIpc) is 2.90. The maximum atomic E-state index is 10.9. The van der Waals surface area contributed by atoms with E-state index >= 15 is 0 Å². The van der Waals surface area contributed by atoms with Gasteiger partial charge in [0.05, 0.1) is 0 Å². The molecule has 68 valence electrons. The zero-order valence-corrected chi connectivity index (χ0v) is 7.72. The first-order valence-electron chi connectivity index (χ1n) is 5.34. The first-order chi connectivity index (χ1) is 5.87. The Bertz CT molecular complexity index is 162. The van der Waals surface area contributed by atoms with E-state index in [1.54, 1.807) is 0 Å². The van der Waals surface area contributed by atoms with Crippen LogP contribution < -0.4 is 0 Å². The topological polar surface area (TPSA) is 17.1 Å². The van der Waals surface area contributed by atoms with Crippen LogP contribution in [0, 0.1) is 11.3 Å². The molecule has 0 saturated heterocycles. The molecular weight excluding hydrogens is 148 g/mol. The summed E-state index contributed by atoms with van der Waals surface area (Å²) >= 11 is 0. The predicted molar refractivity (Wildman–Crippen MR) is 48.9 cm³/mol. The summed E-state index contributed by atoms with van der Waals surface area (Å²) < 4.78 is 0. The first kappa shape index (κ1) is 8.28. The minimum absolute atomic E-state index is 0.171. The first-order valence-corrected chi connectivity index (χ1v) is 5.34. The van der Waals surface area contributed by atoms with Gasteiger partial charge in [0.25, 0.3) is 0 Å². The van der Waals surface area contributed by atoms with Gasteiger partial charge in [0, 0.05) is 5.41 Å². The van der Waals surface area contributed by atoms with Crippen molar-refractivity contribution in [3.05, 3.63) is 0 Å². The predicted octanol–water partition coefficient (Wildman–Crippen LogP) is 2.94. The molecule has 2 fully saturated rings. The van der Waals surface area contributed by atoms with Gasteiger partial charge < -0.3 is 4.79 Å². The zero-order valence-electron chi connectivity index (χ0n) is 7.72. The fraction of sp³-hybridized carbons (Fsp3) is 0.909. The zero-order chi connectivity index (χ0) is 8.44. The van der Waals surface area contributed by atoms with Crippen LogP contribution in [0.4, 0.5) is 0 Å². The number of rotatable bonds is 2. The number of carbonyl (C=O) groups excluding carboxylic acids is 1. The average molecular weight is 166 g/mol. The van der Waals surface area contributed by atoms with Gasteiger partial charge in [-0.2, -0.15) is 0 Å². The number of hydrogen-bond donors (Lipinski definition) is 0. The standard InChI is InChI=1S/C11H18O/c12-9-11(7-8-11)10-5-3-1-2-4-6-10/h9-10H,1-8H2. The molecule has 0 heterocycles. The lowest BCUT2D eigenvalue weighted by Gasteiger charge is -2.19. The Kier molecular flexibility index (Phi) is 2.20. The summed E-state index contributed by atoms with van der Waals surface area (Å²) in [6.07, 6.45) is 11.8. The number of hydrogen-bond acceptors (Lipinski definition) is 1. The van der Waals surface area contributed by atoms with E-state index < -0.39 is 0 Å². The van der Waals surface area contributed by atoms with Gasteiger partial charge in [0.1, 0.15) is 6.29 Å². The molecule has 0 unspecified atom stereocenters. The Morgan fingerprint density at radius 2 is 1.58 bits per heavy atom. The smallest absolute Gasteiger partial charge is 0.126 e. The van der Waals surface area contributed by atoms with Crippen molar-refractivity contribution in [2.24, 2.45) is 11.3 Å². The van der Waals surface area contributed by atoms with Crippen molar-refractivity contribution in [1.82, 2.24) is 0 Å². The Hall–Kier alpha value is -0.330. The molecule has 0 aromatic carbocycles. The molecule has 0 bridgehead atoms. The molecule has 2 aliphatic rings. The molecule has 0 aromatic rings. The van der Waals surface area contributed by atoms with E-state index in [4.69, 9.17) is 0 Å². The lowest BCUT2D eigenvalue weighted by Crippen LogP contribution is -2.16. The van der Waals surface area contributed by atoms with Gasteiger partial charge in [-0.1, -0.05) is 25.7 Å². The van der Waals surface area contributed by atoms with Crippen molar-refractivity contribution < 1.29 is 4.79 Å². The summed E-state index contributed by atoms with van der Waals surface area (Å²) in [5, 5.41) is 0. The molecule has 2 saturated carbocycles. The van der Waals surface area contributed by atoms with Crippen LogP contribution in [0.25, 0.3) is 0 Å². The van der Waals surface area contributed by atoms with Crippen molar-refractivity contribution in [3.8, 4) is 0 Å². The fourth-order valence-electron chi connectivity index (χ4n) is 2.62. The van der Waals surface area contributed by atoms with Crippen LogP contribution in [0.3, 0.4) is 0 Å². The third-order valence-electron chi connectivity index (χ3n) is 3.73. The summed E-state index contributed by atoms with van der Waals surface area (Å²) in [7, 11) is 0. The number of carbonyl (C=O) groups is 1. The van der Waals surface area contributed by atoms with Crippen molar-refractivity contribution in [2.75, 3.05) is 0 Å². The SMILES string of the molecule is O=CC1(C2CCCCCC2)CC1. The van der Waals surface area contributed by atoms with E-state index in [0.717, 1.165) is 5.92 Å². The van der Waals surface area contributed by atoms with Crippen LogP contribution in [0.15, 0.2) is 0 Å². The van der Waals surface area contributed by atoms with E-state index in [1.807, 2.05) is 0 Å². The highest BCUT2D eigenvalue weighted by molar-refractivity contribution is 5.64. The van der Waals surface area contributed by atoms with Gasteiger partial charge in [-0.05, 0) is 31.6 Å². The molecule has 0 amide bonds. The van der Waals surface area contributed by atoms with Crippen LogP contribution in [0.5, 0.6) is 0 Å². The summed E-state index contributed by atoms with van der Waals surface area (Å²) in [5.74, 6) is 0.748. The highest BCUT2D eigenvalue weighted by Crippen LogP contribution is 2.54. The maximum absolute atomic E-state index is 10.9. The lowest BCUT2D eigenvalue weighted by molar-refractivity contribution is -0.114. The Balaban J connectivity index is 1.96.